The maximum Gasteiger partial charge on any atom is 0.254 e. The lowest BCUT2D eigenvalue weighted by molar-refractivity contribution is 0.0697. The molecule has 154 valence electrons. The summed E-state index contributed by atoms with van der Waals surface area (Å²) in [6.07, 6.45) is 0.791. The molecule has 1 saturated heterocycles. The Hall–Kier alpha value is -2.29. The van der Waals surface area contributed by atoms with Gasteiger partial charge in [-0.3, -0.25) is 4.79 Å². The van der Waals surface area contributed by atoms with Gasteiger partial charge in [0, 0.05) is 38.2 Å². The van der Waals surface area contributed by atoms with Gasteiger partial charge in [-0.15, -0.1) is 0 Å². The van der Waals surface area contributed by atoms with Crippen molar-refractivity contribution in [1.29, 1.82) is 0 Å². The van der Waals surface area contributed by atoms with Crippen molar-refractivity contribution in [3.63, 3.8) is 0 Å². The summed E-state index contributed by atoms with van der Waals surface area (Å²) < 4.78 is 38.3. The maximum absolute atomic E-state index is 12.9. The molecular weight excluding hydrogens is 416 g/mol. The highest BCUT2D eigenvalue weighted by Crippen LogP contribution is 2.31. The van der Waals surface area contributed by atoms with Gasteiger partial charge >= 0.3 is 0 Å². The standard InChI is InChI=1S/C20H21ClN2O5S/c21-16-4-1-2-5-19(16)29(25,26)23-10-8-22(9-11-23)20(24)15-6-7-17-18(14-15)28-13-3-12-27-17/h1-2,4-7,14H,3,8-13H2. The van der Waals surface area contributed by atoms with Gasteiger partial charge in [0.05, 0.1) is 18.2 Å². The Labute approximate surface area is 174 Å². The van der Waals surface area contributed by atoms with Crippen LogP contribution in [0.2, 0.25) is 5.02 Å². The molecular formula is C20H21ClN2O5S. The van der Waals surface area contributed by atoms with Crippen LogP contribution in [0, 0.1) is 0 Å². The van der Waals surface area contributed by atoms with Gasteiger partial charge in [0.1, 0.15) is 4.90 Å². The Morgan fingerprint density at radius 3 is 2.34 bits per heavy atom. The van der Waals surface area contributed by atoms with Crippen molar-refractivity contribution in [2.24, 2.45) is 0 Å². The number of hydrogen-bond acceptors (Lipinski definition) is 5. The fourth-order valence-electron chi connectivity index (χ4n) is 3.40. The third-order valence-electron chi connectivity index (χ3n) is 4.97. The topological polar surface area (TPSA) is 76.2 Å². The number of fused-ring (bicyclic) bond motifs is 1. The van der Waals surface area contributed by atoms with Crippen LogP contribution in [0.4, 0.5) is 0 Å². The molecule has 2 aliphatic rings. The summed E-state index contributed by atoms with van der Waals surface area (Å²) in [4.78, 5) is 14.6. The van der Waals surface area contributed by atoms with E-state index >= 15 is 0 Å². The molecule has 4 rings (SSSR count). The zero-order valence-corrected chi connectivity index (χ0v) is 17.3. The van der Waals surface area contributed by atoms with Crippen LogP contribution in [0.25, 0.3) is 0 Å². The van der Waals surface area contributed by atoms with Crippen LogP contribution in [0.3, 0.4) is 0 Å². The molecule has 0 spiro atoms. The first-order chi connectivity index (χ1) is 14.0. The first-order valence-electron chi connectivity index (χ1n) is 9.40. The van der Waals surface area contributed by atoms with E-state index in [-0.39, 0.29) is 28.9 Å². The third-order valence-corrected chi connectivity index (χ3v) is 7.37. The molecule has 2 aromatic rings. The van der Waals surface area contributed by atoms with E-state index in [1.807, 2.05) is 0 Å². The maximum atomic E-state index is 12.9. The first-order valence-corrected chi connectivity index (χ1v) is 11.2. The Morgan fingerprint density at radius 1 is 0.931 bits per heavy atom. The van der Waals surface area contributed by atoms with Crippen molar-refractivity contribution in [3.8, 4) is 11.5 Å². The van der Waals surface area contributed by atoms with Crippen molar-refractivity contribution >= 4 is 27.5 Å². The normalized spacial score (nSPS) is 17.6. The second-order valence-electron chi connectivity index (χ2n) is 6.84. The molecule has 0 unspecified atom stereocenters. The van der Waals surface area contributed by atoms with Crippen molar-refractivity contribution in [2.45, 2.75) is 11.3 Å². The van der Waals surface area contributed by atoms with Crippen molar-refractivity contribution in [3.05, 3.63) is 53.1 Å². The molecule has 2 aliphatic heterocycles. The van der Waals surface area contributed by atoms with Crippen molar-refractivity contribution < 1.29 is 22.7 Å². The zero-order chi connectivity index (χ0) is 20.4. The van der Waals surface area contributed by atoms with Crippen LogP contribution in [-0.4, -0.2) is 62.9 Å². The number of amides is 1. The molecule has 29 heavy (non-hydrogen) atoms. The van der Waals surface area contributed by atoms with E-state index in [4.69, 9.17) is 21.1 Å². The molecule has 1 amide bonds. The predicted octanol–water partition coefficient (Wildman–Crippen LogP) is 2.65. The van der Waals surface area contributed by atoms with E-state index in [0.717, 1.165) is 6.42 Å². The van der Waals surface area contributed by atoms with E-state index in [1.54, 1.807) is 41.3 Å². The minimum atomic E-state index is -3.70. The minimum absolute atomic E-state index is 0.0874. The zero-order valence-electron chi connectivity index (χ0n) is 15.7. The fourth-order valence-corrected chi connectivity index (χ4v) is 5.32. The number of nitrogens with zero attached hydrogens (tertiary/aromatic N) is 2. The highest BCUT2D eigenvalue weighted by atomic mass is 35.5. The van der Waals surface area contributed by atoms with Gasteiger partial charge < -0.3 is 14.4 Å². The van der Waals surface area contributed by atoms with Crippen molar-refractivity contribution in [1.82, 2.24) is 9.21 Å². The van der Waals surface area contributed by atoms with Gasteiger partial charge in [-0.2, -0.15) is 4.31 Å². The summed E-state index contributed by atoms with van der Waals surface area (Å²) in [5.41, 5.74) is 0.497. The Morgan fingerprint density at radius 2 is 1.62 bits per heavy atom. The van der Waals surface area contributed by atoms with E-state index in [1.165, 1.54) is 10.4 Å². The molecule has 2 heterocycles. The van der Waals surface area contributed by atoms with Crippen molar-refractivity contribution in [2.75, 3.05) is 39.4 Å². The highest BCUT2D eigenvalue weighted by Gasteiger charge is 2.31. The molecule has 0 radical (unpaired) electrons. The number of carbonyl (C=O) groups excluding carboxylic acids is 1. The summed E-state index contributed by atoms with van der Waals surface area (Å²) in [5, 5.41) is 0.193. The highest BCUT2D eigenvalue weighted by molar-refractivity contribution is 7.89. The van der Waals surface area contributed by atoms with Crippen LogP contribution in [0.5, 0.6) is 11.5 Å². The minimum Gasteiger partial charge on any atom is -0.490 e. The Balaban J connectivity index is 1.45. The second-order valence-corrected chi connectivity index (χ2v) is 9.15. The summed E-state index contributed by atoms with van der Waals surface area (Å²) >= 11 is 6.06. The van der Waals surface area contributed by atoms with Gasteiger partial charge in [-0.05, 0) is 30.3 Å². The molecule has 9 heteroatoms. The number of piperazine rings is 1. The van der Waals surface area contributed by atoms with Crippen LogP contribution in [0.15, 0.2) is 47.4 Å². The first kappa shape index (κ1) is 20.0. The number of sulfonamides is 1. The second kappa shape index (κ2) is 8.22. The smallest absolute Gasteiger partial charge is 0.254 e. The number of halogens is 1. The summed E-state index contributed by atoms with van der Waals surface area (Å²) in [5.74, 6) is 1.04. The lowest BCUT2D eigenvalue weighted by Crippen LogP contribution is -2.50. The molecule has 2 aromatic carbocycles. The molecule has 0 atom stereocenters. The Bertz CT molecular complexity index is 1020. The third kappa shape index (κ3) is 4.05. The largest absolute Gasteiger partial charge is 0.490 e. The molecule has 0 bridgehead atoms. The van der Waals surface area contributed by atoms with Gasteiger partial charge in [-0.25, -0.2) is 8.42 Å². The number of carbonyl (C=O) groups is 1. The number of rotatable bonds is 3. The molecule has 7 nitrogen and oxygen atoms in total. The number of hydrogen-bond donors (Lipinski definition) is 0. The van der Waals surface area contributed by atoms with Crippen LogP contribution in [-0.2, 0) is 10.0 Å². The average molecular weight is 437 g/mol. The monoisotopic (exact) mass is 436 g/mol. The quantitative estimate of drug-likeness (QED) is 0.739. The van der Waals surface area contributed by atoms with Gasteiger partial charge in [0.25, 0.3) is 5.91 Å². The van der Waals surface area contributed by atoms with Gasteiger partial charge in [0.2, 0.25) is 10.0 Å². The summed E-state index contributed by atoms with van der Waals surface area (Å²) in [7, 11) is -3.70. The number of ether oxygens (including phenoxy) is 2. The molecule has 1 fully saturated rings. The van der Waals surface area contributed by atoms with Crippen LogP contribution >= 0.6 is 11.6 Å². The van der Waals surface area contributed by atoms with Gasteiger partial charge in [0.15, 0.2) is 11.5 Å². The number of benzene rings is 2. The summed E-state index contributed by atoms with van der Waals surface area (Å²) in [6.45, 7) is 2.16. The van der Waals surface area contributed by atoms with Gasteiger partial charge in [-0.1, -0.05) is 23.7 Å². The van der Waals surface area contributed by atoms with E-state index < -0.39 is 10.0 Å². The van der Waals surface area contributed by atoms with E-state index in [0.29, 0.717) is 43.4 Å². The molecule has 0 aliphatic carbocycles. The predicted molar refractivity (Wildman–Crippen MR) is 108 cm³/mol. The van der Waals surface area contributed by atoms with Crippen LogP contribution in [0.1, 0.15) is 16.8 Å². The fraction of sp³-hybridized carbons (Fsp3) is 0.350. The Kier molecular flexibility index (Phi) is 5.67. The van der Waals surface area contributed by atoms with E-state index in [9.17, 15) is 13.2 Å². The lowest BCUT2D eigenvalue weighted by Gasteiger charge is -2.34. The molecule has 0 saturated carbocycles. The average Bonchev–Trinajstić information content (AvgIpc) is 2.98. The SMILES string of the molecule is O=C(c1ccc2c(c1)OCCCO2)N1CCN(S(=O)(=O)c2ccccc2Cl)CC1. The van der Waals surface area contributed by atoms with Crippen LogP contribution < -0.4 is 9.47 Å². The lowest BCUT2D eigenvalue weighted by atomic mass is 10.1. The molecule has 0 aromatic heterocycles. The molecule has 0 N–H and O–H groups in total. The summed E-state index contributed by atoms with van der Waals surface area (Å²) in [6, 6.07) is 11.5. The van der Waals surface area contributed by atoms with E-state index in [2.05, 4.69) is 0 Å².